The second-order valence-corrected chi connectivity index (χ2v) is 1.40. The van der Waals surface area contributed by atoms with E-state index >= 15 is 0 Å². The molecule has 0 atom stereocenters. The molecule has 0 fully saturated rings. The lowest BCUT2D eigenvalue weighted by atomic mass is 9.89. The van der Waals surface area contributed by atoms with Crippen molar-refractivity contribution in [1.29, 1.82) is 0 Å². The summed E-state index contributed by atoms with van der Waals surface area (Å²) in [6.07, 6.45) is 2.87. The Morgan fingerprint density at radius 3 is 2.75 bits per heavy atom. The lowest BCUT2D eigenvalue weighted by Crippen LogP contribution is -2.16. The van der Waals surface area contributed by atoms with Gasteiger partial charge in [-0.2, -0.15) is 0 Å². The average Bonchev–Trinajstić information content (AvgIpc) is 1.64. The molecule has 4 heteroatoms. The second-order valence-electron chi connectivity index (χ2n) is 1.40. The maximum atomic E-state index is 8.57. The number of rotatable bonds is 0. The Morgan fingerprint density at radius 1 is 1.62 bits per heavy atom. The van der Waals surface area contributed by atoms with E-state index in [1.807, 2.05) is 0 Å². The monoisotopic (exact) mass is 112 g/mol. The normalized spacial score (nSPS) is 17.6. The predicted octanol–water partition coefficient (Wildman–Crippen LogP) is -0.00810. The van der Waals surface area contributed by atoms with Crippen LogP contribution < -0.4 is 0 Å². The fourth-order valence-corrected chi connectivity index (χ4v) is 0.435. The van der Waals surface area contributed by atoms with Crippen LogP contribution in [-0.2, 0) is 4.65 Å². The molecule has 1 heterocycles. The van der Waals surface area contributed by atoms with Crippen LogP contribution in [0, 0.1) is 0 Å². The molecule has 1 aliphatic heterocycles. The van der Waals surface area contributed by atoms with Gasteiger partial charge in [-0.3, -0.25) is 0 Å². The van der Waals surface area contributed by atoms with Crippen LogP contribution in [0.5, 0.6) is 0 Å². The summed E-state index contributed by atoms with van der Waals surface area (Å²) in [7, 11) is -0.986. The zero-order valence-electron chi connectivity index (χ0n) is 4.11. The molecule has 1 rings (SSSR count). The molecule has 0 saturated carbocycles. The van der Waals surface area contributed by atoms with Gasteiger partial charge in [0.1, 0.15) is 0 Å². The first-order valence-corrected chi connectivity index (χ1v) is 2.21. The van der Waals surface area contributed by atoms with Gasteiger partial charge >= 0.3 is 7.12 Å². The molecular weight excluding hydrogens is 107 g/mol. The van der Waals surface area contributed by atoms with Gasteiger partial charge in [-0.25, -0.2) is 0 Å². The van der Waals surface area contributed by atoms with E-state index in [0.29, 0.717) is 0 Å². The summed E-state index contributed by atoms with van der Waals surface area (Å²) < 4.78 is 4.37. The minimum absolute atomic E-state index is 0.250. The molecule has 0 aliphatic carbocycles. The van der Waals surface area contributed by atoms with Crippen molar-refractivity contribution in [2.45, 2.75) is 0 Å². The standard InChI is InChI=1S/C4H5BO3/c6-4-2-1-3-5(7)8-4/h1-3,6-7H. The third kappa shape index (κ3) is 1.04. The zero-order chi connectivity index (χ0) is 5.98. The highest BCUT2D eigenvalue weighted by molar-refractivity contribution is 6.49. The highest BCUT2D eigenvalue weighted by Gasteiger charge is 2.13. The van der Waals surface area contributed by atoms with Gasteiger partial charge in [0.05, 0.1) is 0 Å². The molecule has 0 bridgehead atoms. The lowest BCUT2D eigenvalue weighted by Gasteiger charge is -2.06. The summed E-state index contributed by atoms with van der Waals surface area (Å²) in [5.41, 5.74) is 0. The van der Waals surface area contributed by atoms with Crippen molar-refractivity contribution < 1.29 is 14.8 Å². The fourth-order valence-electron chi connectivity index (χ4n) is 0.435. The van der Waals surface area contributed by atoms with Gasteiger partial charge in [-0.05, 0) is 5.98 Å². The maximum Gasteiger partial charge on any atom is 0.554 e. The molecule has 0 radical (unpaired) electrons. The number of hydrogen-bond donors (Lipinski definition) is 2. The summed E-state index contributed by atoms with van der Waals surface area (Å²) in [5.74, 6) is 1.17. The van der Waals surface area contributed by atoms with E-state index in [1.54, 1.807) is 0 Å². The highest BCUT2D eigenvalue weighted by Crippen LogP contribution is 2.00. The van der Waals surface area contributed by atoms with Crippen LogP contribution in [0.1, 0.15) is 0 Å². The van der Waals surface area contributed by atoms with Crippen LogP contribution in [-0.4, -0.2) is 17.2 Å². The van der Waals surface area contributed by atoms with Crippen LogP contribution >= 0.6 is 0 Å². The Kier molecular flexibility index (Phi) is 1.26. The van der Waals surface area contributed by atoms with Gasteiger partial charge in [-0.15, -0.1) is 0 Å². The second kappa shape index (κ2) is 1.92. The van der Waals surface area contributed by atoms with E-state index in [-0.39, 0.29) is 5.95 Å². The minimum atomic E-state index is -0.986. The SMILES string of the molecule is OB1C=CC=C(O)O1. The fraction of sp³-hybridized carbons (Fsp3) is 0. The Labute approximate surface area is 47.0 Å². The van der Waals surface area contributed by atoms with Crippen LogP contribution in [0.15, 0.2) is 24.1 Å². The van der Waals surface area contributed by atoms with Gasteiger partial charge < -0.3 is 14.8 Å². The van der Waals surface area contributed by atoms with E-state index in [1.165, 1.54) is 18.1 Å². The van der Waals surface area contributed by atoms with Crippen LogP contribution in [0.25, 0.3) is 0 Å². The molecule has 0 spiro atoms. The molecule has 0 aromatic carbocycles. The molecule has 0 unspecified atom stereocenters. The summed E-state index contributed by atoms with van der Waals surface area (Å²) >= 11 is 0. The molecule has 0 saturated heterocycles. The smallest absolute Gasteiger partial charge is 0.506 e. The topological polar surface area (TPSA) is 49.7 Å². The Morgan fingerprint density at radius 2 is 2.38 bits per heavy atom. The first kappa shape index (κ1) is 5.25. The molecule has 42 valence electrons. The minimum Gasteiger partial charge on any atom is -0.506 e. The molecule has 0 aromatic rings. The van der Waals surface area contributed by atoms with Gasteiger partial charge in [0.25, 0.3) is 5.95 Å². The number of allylic oxidation sites excluding steroid dienone is 2. The van der Waals surface area contributed by atoms with Crippen molar-refractivity contribution in [2.75, 3.05) is 0 Å². The lowest BCUT2D eigenvalue weighted by molar-refractivity contribution is 0.185. The van der Waals surface area contributed by atoms with Gasteiger partial charge in [0, 0.05) is 6.08 Å². The van der Waals surface area contributed by atoms with Crippen molar-refractivity contribution in [3.8, 4) is 0 Å². The van der Waals surface area contributed by atoms with Crippen molar-refractivity contribution in [1.82, 2.24) is 0 Å². The molecule has 1 aliphatic rings. The average molecular weight is 112 g/mol. The van der Waals surface area contributed by atoms with Crippen LogP contribution in [0.3, 0.4) is 0 Å². The van der Waals surface area contributed by atoms with Gasteiger partial charge in [0.2, 0.25) is 0 Å². The third-order valence-corrected chi connectivity index (χ3v) is 0.756. The highest BCUT2D eigenvalue weighted by atomic mass is 16.6. The first-order chi connectivity index (χ1) is 3.79. The summed E-state index contributed by atoms with van der Waals surface area (Å²) in [6, 6.07) is 0. The van der Waals surface area contributed by atoms with E-state index in [0.717, 1.165) is 0 Å². The molecule has 3 nitrogen and oxygen atoms in total. The zero-order valence-corrected chi connectivity index (χ0v) is 4.11. The maximum absolute atomic E-state index is 8.57. The quantitative estimate of drug-likeness (QED) is 0.433. The predicted molar refractivity (Wildman–Crippen MR) is 28.9 cm³/mol. The first-order valence-electron chi connectivity index (χ1n) is 2.21. The van der Waals surface area contributed by atoms with E-state index in [2.05, 4.69) is 4.65 Å². The Hall–Kier alpha value is -0.895. The van der Waals surface area contributed by atoms with Crippen molar-refractivity contribution in [2.24, 2.45) is 0 Å². The number of aliphatic hydroxyl groups excluding tert-OH is 1. The largest absolute Gasteiger partial charge is 0.554 e. The molecule has 0 amide bonds. The van der Waals surface area contributed by atoms with E-state index in [9.17, 15) is 0 Å². The van der Waals surface area contributed by atoms with Crippen molar-refractivity contribution >= 4 is 7.12 Å². The van der Waals surface area contributed by atoms with Gasteiger partial charge in [0.15, 0.2) is 0 Å². The van der Waals surface area contributed by atoms with E-state index in [4.69, 9.17) is 10.1 Å². The molecule has 8 heavy (non-hydrogen) atoms. The Balaban J connectivity index is 2.59. The van der Waals surface area contributed by atoms with Crippen molar-refractivity contribution in [3.63, 3.8) is 0 Å². The van der Waals surface area contributed by atoms with Gasteiger partial charge in [-0.1, -0.05) is 6.08 Å². The summed E-state index contributed by atoms with van der Waals surface area (Å²) in [4.78, 5) is 0. The third-order valence-electron chi connectivity index (χ3n) is 0.756. The summed E-state index contributed by atoms with van der Waals surface area (Å²) in [6.45, 7) is 0. The Bertz CT molecular complexity index is 140. The molecule has 2 N–H and O–H groups in total. The summed E-state index contributed by atoms with van der Waals surface area (Å²) in [5, 5.41) is 17.1. The molecule has 0 aromatic heterocycles. The number of hydrogen-bond acceptors (Lipinski definition) is 3. The van der Waals surface area contributed by atoms with Crippen molar-refractivity contribution in [3.05, 3.63) is 24.1 Å². The molecular formula is C4H5BO3. The van der Waals surface area contributed by atoms with Crippen LogP contribution in [0.4, 0.5) is 0 Å². The van der Waals surface area contributed by atoms with Crippen LogP contribution in [0.2, 0.25) is 0 Å². The number of aliphatic hydroxyl groups is 1. The van der Waals surface area contributed by atoms with E-state index < -0.39 is 7.12 Å².